The summed E-state index contributed by atoms with van der Waals surface area (Å²) in [4.78, 5) is 22.5. The highest BCUT2D eigenvalue weighted by molar-refractivity contribution is 7.89. The molecule has 0 radical (unpaired) electrons. The van der Waals surface area contributed by atoms with E-state index in [1.165, 1.54) is 18.5 Å². The average molecular weight is 334 g/mol. The molecule has 7 nitrogen and oxygen atoms in total. The number of sulfonamides is 1. The van der Waals surface area contributed by atoms with Crippen molar-refractivity contribution >= 4 is 33.2 Å². The molecular formula is C12H18N2O5S2. The first-order chi connectivity index (χ1) is 9.86. The molecule has 0 aliphatic carbocycles. The number of amides is 1. The number of hydrogen-bond acceptors (Lipinski definition) is 5. The smallest absolute Gasteiger partial charge is 0.303 e. The summed E-state index contributed by atoms with van der Waals surface area (Å²) < 4.78 is 25.3. The molecule has 1 aromatic rings. The van der Waals surface area contributed by atoms with E-state index in [0.29, 0.717) is 24.3 Å². The molecule has 1 heterocycles. The Balaban J connectivity index is 2.38. The quantitative estimate of drug-likeness (QED) is 0.584. The lowest BCUT2D eigenvalue weighted by Crippen LogP contribution is -2.23. The van der Waals surface area contributed by atoms with Crippen molar-refractivity contribution in [1.29, 1.82) is 0 Å². The number of hydrogen-bond donors (Lipinski definition) is 3. The van der Waals surface area contributed by atoms with Crippen LogP contribution in [0.3, 0.4) is 0 Å². The highest BCUT2D eigenvalue weighted by Gasteiger charge is 2.16. The second kappa shape index (κ2) is 8.11. The van der Waals surface area contributed by atoms with Crippen molar-refractivity contribution in [1.82, 2.24) is 10.0 Å². The van der Waals surface area contributed by atoms with Crippen molar-refractivity contribution in [3.8, 4) is 0 Å². The summed E-state index contributed by atoms with van der Waals surface area (Å²) in [7, 11) is -2.22. The van der Waals surface area contributed by atoms with Crippen LogP contribution in [0.2, 0.25) is 0 Å². The Bertz CT molecular complexity index is 595. The lowest BCUT2D eigenvalue weighted by Gasteiger charge is -2.03. The molecular weight excluding hydrogens is 316 g/mol. The molecule has 0 aliphatic heterocycles. The van der Waals surface area contributed by atoms with E-state index in [1.54, 1.807) is 0 Å². The molecule has 0 aliphatic rings. The summed E-state index contributed by atoms with van der Waals surface area (Å²) in [5, 5.41) is 12.6. The standard InChI is InChI=1S/C12H18N2O5S2/c1-13-21(18,19)9-7-10(20-8-9)12(17)14-6-4-2-3-5-11(15)16/h7-8,13H,2-6H2,1H3,(H,14,17)(H,15,16). The van der Waals surface area contributed by atoms with Crippen LogP contribution in [0.1, 0.15) is 35.4 Å². The highest BCUT2D eigenvalue weighted by atomic mass is 32.2. The van der Waals surface area contributed by atoms with Gasteiger partial charge in [0.05, 0.1) is 9.77 Å². The van der Waals surface area contributed by atoms with Crippen molar-refractivity contribution in [3.63, 3.8) is 0 Å². The minimum atomic E-state index is -3.53. The van der Waals surface area contributed by atoms with Gasteiger partial charge >= 0.3 is 5.97 Å². The first kappa shape index (κ1) is 17.6. The number of carbonyl (C=O) groups is 2. The van der Waals surface area contributed by atoms with Gasteiger partial charge in [-0.05, 0) is 26.0 Å². The molecule has 1 amide bonds. The number of rotatable bonds is 9. The van der Waals surface area contributed by atoms with Crippen LogP contribution in [0.15, 0.2) is 16.3 Å². The Morgan fingerprint density at radius 1 is 1.29 bits per heavy atom. The predicted molar refractivity (Wildman–Crippen MR) is 79.0 cm³/mol. The second-order valence-corrected chi connectivity index (χ2v) is 7.11. The van der Waals surface area contributed by atoms with Crippen LogP contribution in [-0.4, -0.2) is 39.0 Å². The van der Waals surface area contributed by atoms with Crippen LogP contribution in [-0.2, 0) is 14.8 Å². The summed E-state index contributed by atoms with van der Waals surface area (Å²) in [5.74, 6) is -1.15. The van der Waals surface area contributed by atoms with Crippen LogP contribution in [0.25, 0.3) is 0 Å². The Labute approximate surface area is 127 Å². The molecule has 0 bridgehead atoms. The van der Waals surface area contributed by atoms with Gasteiger partial charge in [0, 0.05) is 18.3 Å². The average Bonchev–Trinajstić information content (AvgIpc) is 2.92. The van der Waals surface area contributed by atoms with Crippen molar-refractivity contribution in [3.05, 3.63) is 16.3 Å². The third-order valence-corrected chi connectivity index (χ3v) is 5.20. The van der Waals surface area contributed by atoms with Crippen LogP contribution in [0, 0.1) is 0 Å². The van der Waals surface area contributed by atoms with Crippen molar-refractivity contribution in [2.45, 2.75) is 30.6 Å². The summed E-state index contributed by atoms with van der Waals surface area (Å²) in [6, 6.07) is 1.33. The summed E-state index contributed by atoms with van der Waals surface area (Å²) >= 11 is 1.06. The van der Waals surface area contributed by atoms with Gasteiger partial charge in [-0.15, -0.1) is 11.3 Å². The van der Waals surface area contributed by atoms with E-state index in [1.807, 2.05) is 0 Å². The van der Waals surface area contributed by atoms with Gasteiger partial charge in [-0.1, -0.05) is 6.42 Å². The molecule has 0 spiro atoms. The topological polar surface area (TPSA) is 113 Å². The fraction of sp³-hybridized carbons (Fsp3) is 0.500. The zero-order valence-electron chi connectivity index (χ0n) is 11.6. The maximum atomic E-state index is 11.8. The largest absolute Gasteiger partial charge is 0.481 e. The zero-order chi connectivity index (χ0) is 15.9. The molecule has 21 heavy (non-hydrogen) atoms. The third kappa shape index (κ3) is 5.82. The van der Waals surface area contributed by atoms with Gasteiger partial charge in [-0.25, -0.2) is 13.1 Å². The van der Waals surface area contributed by atoms with E-state index in [0.717, 1.165) is 17.8 Å². The molecule has 0 aromatic carbocycles. The normalized spacial score (nSPS) is 11.3. The van der Waals surface area contributed by atoms with E-state index in [4.69, 9.17) is 5.11 Å². The monoisotopic (exact) mass is 334 g/mol. The van der Waals surface area contributed by atoms with E-state index in [-0.39, 0.29) is 17.2 Å². The van der Waals surface area contributed by atoms with Crippen LogP contribution >= 0.6 is 11.3 Å². The van der Waals surface area contributed by atoms with Gasteiger partial charge in [0.1, 0.15) is 0 Å². The van der Waals surface area contributed by atoms with Gasteiger partial charge in [-0.3, -0.25) is 9.59 Å². The molecule has 1 rings (SSSR count). The summed E-state index contributed by atoms with van der Waals surface area (Å²) in [6.45, 7) is 0.435. The second-order valence-electron chi connectivity index (χ2n) is 4.31. The fourth-order valence-corrected chi connectivity index (χ4v) is 3.48. The number of carboxylic acids is 1. The van der Waals surface area contributed by atoms with Gasteiger partial charge < -0.3 is 10.4 Å². The van der Waals surface area contributed by atoms with E-state index < -0.39 is 16.0 Å². The van der Waals surface area contributed by atoms with E-state index >= 15 is 0 Å². The minimum absolute atomic E-state index is 0.0709. The van der Waals surface area contributed by atoms with Crippen LogP contribution in [0.4, 0.5) is 0 Å². The lowest BCUT2D eigenvalue weighted by atomic mass is 10.2. The first-order valence-corrected chi connectivity index (χ1v) is 8.75. The molecule has 118 valence electrons. The highest BCUT2D eigenvalue weighted by Crippen LogP contribution is 2.18. The summed E-state index contributed by atoms with van der Waals surface area (Å²) in [5.41, 5.74) is 0. The molecule has 3 N–H and O–H groups in total. The van der Waals surface area contributed by atoms with Gasteiger partial charge in [-0.2, -0.15) is 0 Å². The molecule has 9 heteroatoms. The SMILES string of the molecule is CNS(=O)(=O)c1csc(C(=O)NCCCCCC(=O)O)c1. The first-order valence-electron chi connectivity index (χ1n) is 6.39. The number of nitrogens with one attached hydrogen (secondary N) is 2. The molecule has 0 unspecified atom stereocenters. The van der Waals surface area contributed by atoms with E-state index in [2.05, 4.69) is 10.0 Å². The number of thiophene rings is 1. The van der Waals surface area contributed by atoms with Crippen molar-refractivity contribution in [2.75, 3.05) is 13.6 Å². The molecule has 0 fully saturated rings. The Kier molecular flexibility index (Phi) is 6.79. The van der Waals surface area contributed by atoms with E-state index in [9.17, 15) is 18.0 Å². The van der Waals surface area contributed by atoms with Gasteiger partial charge in [0.2, 0.25) is 10.0 Å². The summed E-state index contributed by atoms with van der Waals surface area (Å²) in [6.07, 6.45) is 2.11. The number of aliphatic carboxylic acids is 1. The third-order valence-electron chi connectivity index (χ3n) is 2.73. The minimum Gasteiger partial charge on any atom is -0.481 e. The Morgan fingerprint density at radius 2 is 2.00 bits per heavy atom. The zero-order valence-corrected chi connectivity index (χ0v) is 13.2. The maximum Gasteiger partial charge on any atom is 0.303 e. The maximum absolute atomic E-state index is 11.8. The predicted octanol–water partition coefficient (Wildman–Crippen LogP) is 1.03. The van der Waals surface area contributed by atoms with Crippen molar-refractivity contribution < 1.29 is 23.1 Å². The van der Waals surface area contributed by atoms with Crippen LogP contribution < -0.4 is 10.0 Å². The lowest BCUT2D eigenvalue weighted by molar-refractivity contribution is -0.137. The number of carbonyl (C=O) groups excluding carboxylic acids is 1. The molecule has 0 saturated heterocycles. The van der Waals surface area contributed by atoms with Gasteiger partial charge in [0.25, 0.3) is 5.91 Å². The molecule has 0 saturated carbocycles. The van der Waals surface area contributed by atoms with Crippen molar-refractivity contribution in [2.24, 2.45) is 0 Å². The molecule has 0 atom stereocenters. The molecule has 1 aromatic heterocycles. The Morgan fingerprint density at radius 3 is 2.62 bits per heavy atom. The van der Waals surface area contributed by atoms with Gasteiger partial charge in [0.15, 0.2) is 0 Å². The number of carboxylic acid groups (broad SMARTS) is 1. The Hall–Kier alpha value is -1.45. The van der Waals surface area contributed by atoms with Crippen LogP contribution in [0.5, 0.6) is 0 Å². The fourth-order valence-electron chi connectivity index (χ4n) is 1.56. The number of unbranched alkanes of at least 4 members (excludes halogenated alkanes) is 2.